The third-order valence-electron chi connectivity index (χ3n) is 3.95. The lowest BCUT2D eigenvalue weighted by atomic mass is 10.0. The number of ether oxygens (including phenoxy) is 2. The van der Waals surface area contributed by atoms with E-state index in [1.54, 1.807) is 13.0 Å². The van der Waals surface area contributed by atoms with Crippen molar-refractivity contribution in [3.05, 3.63) is 70.5 Å². The molecule has 0 aliphatic heterocycles. The number of fused-ring (bicyclic) bond motifs is 1. The summed E-state index contributed by atoms with van der Waals surface area (Å²) < 4.78 is 87.9. The van der Waals surface area contributed by atoms with Crippen molar-refractivity contribution in [2.24, 2.45) is 0 Å². The quantitative estimate of drug-likeness (QED) is 0.389. The largest absolute Gasteiger partial charge is 0.573 e. The van der Waals surface area contributed by atoms with Crippen LogP contribution in [0.1, 0.15) is 16.7 Å². The normalized spacial score (nSPS) is 11.2. The maximum Gasteiger partial charge on any atom is 0.573 e. The van der Waals surface area contributed by atoms with Crippen LogP contribution in [-0.2, 0) is 0 Å². The van der Waals surface area contributed by atoms with Gasteiger partial charge in [0.15, 0.2) is 11.6 Å². The van der Waals surface area contributed by atoms with E-state index < -0.39 is 29.6 Å². The highest BCUT2D eigenvalue weighted by Gasteiger charge is 2.34. The summed E-state index contributed by atoms with van der Waals surface area (Å²) in [5.74, 6) is 0.357. The molecule has 0 bridgehead atoms. The number of hydrogen-bond acceptors (Lipinski definition) is 2. The van der Waals surface area contributed by atoms with E-state index in [9.17, 15) is 26.3 Å². The van der Waals surface area contributed by atoms with Crippen LogP contribution < -0.4 is 9.47 Å². The van der Waals surface area contributed by atoms with Gasteiger partial charge in [0, 0.05) is 10.9 Å². The fraction of sp³-hybridized carbons (Fsp3) is 0.143. The lowest BCUT2D eigenvalue weighted by Crippen LogP contribution is -2.19. The molecule has 2 nitrogen and oxygen atoms in total. The number of benzene rings is 3. The fourth-order valence-electron chi connectivity index (χ4n) is 2.73. The van der Waals surface area contributed by atoms with Crippen molar-refractivity contribution in [3.8, 4) is 23.3 Å². The van der Waals surface area contributed by atoms with Crippen LogP contribution in [0.3, 0.4) is 0 Å². The standard InChI is InChI=1S/C21H12F6O2/c1-11-7-16(22)15(18(8-11)28-2)6-4-12-3-5-14-13(9-12)10-17(23)20(19(14)24)29-21(25,26)27/h3,5,7-10H,1-2H3. The average molecular weight is 410 g/mol. The topological polar surface area (TPSA) is 18.5 Å². The Labute approximate surface area is 161 Å². The van der Waals surface area contributed by atoms with Gasteiger partial charge in [-0.3, -0.25) is 0 Å². The Bertz CT molecular complexity index is 1160. The van der Waals surface area contributed by atoms with Gasteiger partial charge in [0.2, 0.25) is 5.75 Å². The first kappa shape index (κ1) is 20.4. The molecule has 150 valence electrons. The molecule has 0 radical (unpaired) electrons. The molecule has 0 aliphatic rings. The molecule has 0 spiro atoms. The van der Waals surface area contributed by atoms with E-state index in [0.717, 1.165) is 6.07 Å². The van der Waals surface area contributed by atoms with Crippen molar-refractivity contribution in [3.63, 3.8) is 0 Å². The van der Waals surface area contributed by atoms with E-state index in [4.69, 9.17) is 4.74 Å². The van der Waals surface area contributed by atoms with Gasteiger partial charge in [0.05, 0.1) is 7.11 Å². The predicted octanol–water partition coefficient (Wildman–Crippen LogP) is 5.87. The molecule has 0 amide bonds. The van der Waals surface area contributed by atoms with Gasteiger partial charge in [-0.25, -0.2) is 13.2 Å². The molecular formula is C21H12F6O2. The van der Waals surface area contributed by atoms with E-state index in [-0.39, 0.29) is 27.6 Å². The second-order valence-electron chi connectivity index (χ2n) is 6.06. The highest BCUT2D eigenvalue weighted by molar-refractivity contribution is 5.86. The zero-order valence-corrected chi connectivity index (χ0v) is 15.0. The molecule has 0 atom stereocenters. The first-order chi connectivity index (χ1) is 13.6. The van der Waals surface area contributed by atoms with E-state index in [2.05, 4.69) is 16.6 Å². The Morgan fingerprint density at radius 2 is 1.62 bits per heavy atom. The van der Waals surface area contributed by atoms with Crippen LogP contribution in [0.15, 0.2) is 36.4 Å². The number of methoxy groups -OCH3 is 1. The third kappa shape index (κ3) is 4.40. The minimum atomic E-state index is -5.24. The Kier molecular flexibility index (Phi) is 5.33. The molecule has 0 fully saturated rings. The summed E-state index contributed by atoms with van der Waals surface area (Å²) in [6.07, 6.45) is -5.24. The highest BCUT2D eigenvalue weighted by Crippen LogP contribution is 2.34. The molecule has 0 N–H and O–H groups in total. The van der Waals surface area contributed by atoms with E-state index in [0.29, 0.717) is 11.6 Å². The predicted molar refractivity (Wildman–Crippen MR) is 94.2 cm³/mol. The van der Waals surface area contributed by atoms with Gasteiger partial charge >= 0.3 is 6.36 Å². The number of hydrogen-bond donors (Lipinski definition) is 0. The van der Waals surface area contributed by atoms with Crippen molar-refractivity contribution in [1.82, 2.24) is 0 Å². The summed E-state index contributed by atoms with van der Waals surface area (Å²) >= 11 is 0. The van der Waals surface area contributed by atoms with Crippen LogP contribution in [0.2, 0.25) is 0 Å². The molecule has 8 heteroatoms. The Morgan fingerprint density at radius 1 is 0.897 bits per heavy atom. The number of aryl methyl sites for hydroxylation is 1. The summed E-state index contributed by atoms with van der Waals surface area (Å²) in [7, 11) is 1.36. The number of alkyl halides is 3. The Balaban J connectivity index is 2.05. The molecule has 3 aromatic carbocycles. The molecule has 29 heavy (non-hydrogen) atoms. The van der Waals surface area contributed by atoms with Crippen molar-refractivity contribution in [2.75, 3.05) is 7.11 Å². The zero-order chi connectivity index (χ0) is 21.3. The lowest BCUT2D eigenvalue weighted by Gasteiger charge is -2.12. The van der Waals surface area contributed by atoms with Crippen LogP contribution in [0.25, 0.3) is 10.8 Å². The van der Waals surface area contributed by atoms with Gasteiger partial charge in [0.25, 0.3) is 0 Å². The maximum atomic E-state index is 14.3. The molecule has 0 heterocycles. The van der Waals surface area contributed by atoms with Gasteiger partial charge in [-0.05, 0) is 48.2 Å². The summed E-state index contributed by atoms with van der Waals surface area (Å²) in [5.41, 5.74) is 0.908. The van der Waals surface area contributed by atoms with E-state index >= 15 is 0 Å². The van der Waals surface area contributed by atoms with Crippen LogP contribution in [0.5, 0.6) is 11.5 Å². The van der Waals surface area contributed by atoms with Gasteiger partial charge in [0.1, 0.15) is 17.1 Å². The molecule has 0 saturated heterocycles. The molecule has 0 unspecified atom stereocenters. The van der Waals surface area contributed by atoms with E-state index in [1.165, 1.54) is 25.3 Å². The fourth-order valence-corrected chi connectivity index (χ4v) is 2.73. The van der Waals surface area contributed by atoms with Crippen LogP contribution in [-0.4, -0.2) is 13.5 Å². The van der Waals surface area contributed by atoms with Gasteiger partial charge in [-0.15, -0.1) is 13.2 Å². The first-order valence-corrected chi connectivity index (χ1v) is 8.12. The molecule has 3 rings (SSSR count). The monoisotopic (exact) mass is 410 g/mol. The lowest BCUT2D eigenvalue weighted by molar-refractivity contribution is -0.276. The summed E-state index contributed by atoms with van der Waals surface area (Å²) in [6, 6.07) is 7.30. The van der Waals surface area contributed by atoms with Crippen molar-refractivity contribution >= 4 is 10.8 Å². The summed E-state index contributed by atoms with van der Waals surface area (Å²) in [5, 5.41) is -0.312. The number of halogens is 6. The average Bonchev–Trinajstić information content (AvgIpc) is 2.62. The maximum absolute atomic E-state index is 14.3. The molecule has 0 saturated carbocycles. The van der Waals surface area contributed by atoms with Gasteiger partial charge in [-0.2, -0.15) is 0 Å². The van der Waals surface area contributed by atoms with Gasteiger partial charge < -0.3 is 9.47 Å². The van der Waals surface area contributed by atoms with Crippen molar-refractivity contribution in [2.45, 2.75) is 13.3 Å². The number of rotatable bonds is 2. The van der Waals surface area contributed by atoms with Crippen molar-refractivity contribution < 1.29 is 35.8 Å². The molecular weight excluding hydrogens is 398 g/mol. The SMILES string of the molecule is COc1cc(C)cc(F)c1C#Cc1ccc2c(F)c(OC(F)(F)F)c(F)cc2c1. The van der Waals surface area contributed by atoms with Crippen LogP contribution >= 0.6 is 0 Å². The summed E-state index contributed by atoms with van der Waals surface area (Å²) in [4.78, 5) is 0. The second-order valence-corrected chi connectivity index (χ2v) is 6.06. The minimum absolute atomic E-state index is 0.00415. The minimum Gasteiger partial charge on any atom is -0.495 e. The first-order valence-electron chi connectivity index (χ1n) is 8.12. The van der Waals surface area contributed by atoms with Crippen LogP contribution in [0, 0.1) is 36.2 Å². The van der Waals surface area contributed by atoms with Crippen molar-refractivity contribution in [1.29, 1.82) is 0 Å². The van der Waals surface area contributed by atoms with E-state index in [1.807, 2.05) is 0 Å². The second kappa shape index (κ2) is 7.59. The Hall–Kier alpha value is -3.34. The highest BCUT2D eigenvalue weighted by atomic mass is 19.4. The molecule has 3 aromatic rings. The molecule has 0 aromatic heterocycles. The summed E-state index contributed by atoms with van der Waals surface area (Å²) in [6.45, 7) is 1.69. The third-order valence-corrected chi connectivity index (χ3v) is 3.95. The zero-order valence-electron chi connectivity index (χ0n) is 15.0. The molecule has 0 aliphatic carbocycles. The van der Waals surface area contributed by atoms with Crippen LogP contribution in [0.4, 0.5) is 26.3 Å². The van der Waals surface area contributed by atoms with Gasteiger partial charge in [-0.1, -0.05) is 17.9 Å². The Morgan fingerprint density at radius 3 is 2.28 bits per heavy atom. The smallest absolute Gasteiger partial charge is 0.495 e.